The van der Waals surface area contributed by atoms with Gasteiger partial charge in [0.1, 0.15) is 6.54 Å². The number of carbonyl (C=O) groups excluding carboxylic acids is 1. The molecule has 0 radical (unpaired) electrons. The average Bonchev–Trinajstić information content (AvgIpc) is 3.19. The van der Waals surface area contributed by atoms with Gasteiger partial charge >= 0.3 is 5.69 Å². The number of fused-ring (bicyclic) bond motifs is 1. The maximum atomic E-state index is 12.7. The van der Waals surface area contributed by atoms with Crippen LogP contribution in [0.5, 0.6) is 0 Å². The lowest BCUT2D eigenvalue weighted by molar-refractivity contribution is -0.121. The first-order valence-corrected chi connectivity index (χ1v) is 11.7. The molecule has 2 N–H and O–H groups in total. The zero-order valence-corrected chi connectivity index (χ0v) is 19.1. The number of rotatable bonds is 7. The Balaban J connectivity index is 1.18. The van der Waals surface area contributed by atoms with E-state index in [-0.39, 0.29) is 18.1 Å². The number of imidazole rings is 1. The minimum absolute atomic E-state index is 0.00748. The monoisotopic (exact) mass is 455 g/mol. The number of benzene rings is 3. The van der Waals surface area contributed by atoms with Crippen molar-refractivity contribution >= 4 is 22.6 Å². The highest BCUT2D eigenvalue weighted by molar-refractivity contribution is 5.80. The van der Waals surface area contributed by atoms with Gasteiger partial charge in [-0.15, -0.1) is 0 Å². The van der Waals surface area contributed by atoms with E-state index in [4.69, 9.17) is 0 Å². The van der Waals surface area contributed by atoms with Crippen molar-refractivity contribution < 1.29 is 4.79 Å². The number of nitrogens with one attached hydrogen (secondary N) is 2. The smallest absolute Gasteiger partial charge is 0.326 e. The number of para-hydroxylation sites is 3. The predicted octanol–water partition coefficient (Wildman–Crippen LogP) is 2.97. The highest BCUT2D eigenvalue weighted by atomic mass is 16.2. The molecule has 2 heterocycles. The highest BCUT2D eigenvalue weighted by Crippen LogP contribution is 2.18. The quantitative estimate of drug-likeness (QED) is 0.449. The molecular weight excluding hydrogens is 426 g/mol. The van der Waals surface area contributed by atoms with Crippen LogP contribution in [0.4, 0.5) is 5.69 Å². The Hall–Kier alpha value is -3.84. The van der Waals surface area contributed by atoms with Gasteiger partial charge in [-0.3, -0.25) is 14.3 Å². The van der Waals surface area contributed by atoms with Crippen molar-refractivity contribution in [1.82, 2.24) is 19.8 Å². The molecule has 4 aromatic rings. The zero-order chi connectivity index (χ0) is 23.3. The fourth-order valence-electron chi connectivity index (χ4n) is 4.59. The molecule has 1 amide bonds. The van der Waals surface area contributed by atoms with Crippen molar-refractivity contribution in [2.45, 2.75) is 19.6 Å². The molecule has 0 aliphatic carbocycles. The number of anilines is 1. The lowest BCUT2D eigenvalue weighted by atomic mass is 10.1. The van der Waals surface area contributed by atoms with Crippen molar-refractivity contribution in [3.8, 4) is 0 Å². The van der Waals surface area contributed by atoms with Crippen LogP contribution < -0.4 is 15.9 Å². The van der Waals surface area contributed by atoms with E-state index >= 15 is 0 Å². The van der Waals surface area contributed by atoms with Crippen LogP contribution in [-0.2, 0) is 24.4 Å². The number of carbonyl (C=O) groups is 1. The van der Waals surface area contributed by atoms with E-state index in [1.54, 1.807) is 0 Å². The second kappa shape index (κ2) is 9.97. The summed E-state index contributed by atoms with van der Waals surface area (Å²) in [6.07, 6.45) is 0. The van der Waals surface area contributed by atoms with E-state index in [0.29, 0.717) is 6.54 Å². The number of hydrogen-bond donors (Lipinski definition) is 2. The van der Waals surface area contributed by atoms with Gasteiger partial charge in [0.25, 0.3) is 0 Å². The van der Waals surface area contributed by atoms with Gasteiger partial charge in [0.15, 0.2) is 0 Å². The van der Waals surface area contributed by atoms with E-state index in [1.165, 1.54) is 15.8 Å². The first kappa shape index (κ1) is 22.0. The molecular formula is C27H29N5O2. The van der Waals surface area contributed by atoms with Gasteiger partial charge in [-0.25, -0.2) is 4.79 Å². The standard InChI is InChI=1S/C27H29N5O2/c33-26(20-32-25-13-7-6-12-24(25)29-27(32)34)28-18-21-8-4-5-9-22(21)19-30-14-16-31(17-15-30)23-10-2-1-3-11-23/h1-13H,14-20H2,(H,28,33)(H,29,34). The lowest BCUT2D eigenvalue weighted by Gasteiger charge is -2.36. The summed E-state index contributed by atoms with van der Waals surface area (Å²) in [6, 6.07) is 26.2. The van der Waals surface area contributed by atoms with Crippen LogP contribution in [0.15, 0.2) is 83.7 Å². The van der Waals surface area contributed by atoms with Crippen molar-refractivity contribution in [1.29, 1.82) is 0 Å². The topological polar surface area (TPSA) is 73.4 Å². The number of hydrogen-bond acceptors (Lipinski definition) is 4. The third-order valence-corrected chi connectivity index (χ3v) is 6.47. The Morgan fingerprint density at radius 1 is 0.824 bits per heavy atom. The van der Waals surface area contributed by atoms with Crippen LogP contribution in [0.3, 0.4) is 0 Å². The predicted molar refractivity (Wildman–Crippen MR) is 135 cm³/mol. The van der Waals surface area contributed by atoms with Crippen LogP contribution in [0, 0.1) is 0 Å². The number of piperazine rings is 1. The summed E-state index contributed by atoms with van der Waals surface area (Å²) in [5.41, 5.74) is 4.80. The van der Waals surface area contributed by atoms with Crippen molar-refractivity contribution in [2.75, 3.05) is 31.1 Å². The summed E-state index contributed by atoms with van der Waals surface area (Å²) in [5.74, 6) is -0.182. The number of amides is 1. The molecule has 34 heavy (non-hydrogen) atoms. The molecule has 0 bridgehead atoms. The molecule has 1 aliphatic rings. The minimum atomic E-state index is -0.272. The number of nitrogens with zero attached hydrogens (tertiary/aromatic N) is 3. The van der Waals surface area contributed by atoms with Crippen LogP contribution >= 0.6 is 0 Å². The molecule has 174 valence electrons. The third-order valence-electron chi connectivity index (χ3n) is 6.47. The SMILES string of the molecule is O=C(Cn1c(=O)[nH]c2ccccc21)NCc1ccccc1CN1CCN(c2ccccc2)CC1. The van der Waals surface area contributed by atoms with Gasteiger partial charge in [0, 0.05) is 45.0 Å². The Labute approximate surface area is 198 Å². The summed E-state index contributed by atoms with van der Waals surface area (Å²) in [7, 11) is 0. The molecule has 5 rings (SSSR count). The Morgan fingerprint density at radius 2 is 1.50 bits per heavy atom. The van der Waals surface area contributed by atoms with Crippen LogP contribution in [-0.4, -0.2) is 46.5 Å². The molecule has 7 nitrogen and oxygen atoms in total. The van der Waals surface area contributed by atoms with Gasteiger partial charge in [-0.05, 0) is 35.4 Å². The van der Waals surface area contributed by atoms with E-state index in [2.05, 4.69) is 56.5 Å². The van der Waals surface area contributed by atoms with Gasteiger partial charge in [-0.1, -0.05) is 54.6 Å². The lowest BCUT2D eigenvalue weighted by Crippen LogP contribution is -2.46. The number of aromatic nitrogens is 2. The molecule has 1 saturated heterocycles. The largest absolute Gasteiger partial charge is 0.369 e. The molecule has 1 fully saturated rings. The Kier molecular flexibility index (Phi) is 6.44. The fourth-order valence-corrected chi connectivity index (χ4v) is 4.59. The molecule has 7 heteroatoms. The number of aromatic amines is 1. The molecule has 1 aromatic heterocycles. The first-order valence-electron chi connectivity index (χ1n) is 11.7. The highest BCUT2D eigenvalue weighted by Gasteiger charge is 2.18. The average molecular weight is 456 g/mol. The molecule has 1 aliphatic heterocycles. The van der Waals surface area contributed by atoms with E-state index in [9.17, 15) is 9.59 Å². The summed E-state index contributed by atoms with van der Waals surface area (Å²) < 4.78 is 1.47. The van der Waals surface area contributed by atoms with Crippen molar-refractivity contribution in [2.24, 2.45) is 0 Å². The van der Waals surface area contributed by atoms with Crippen molar-refractivity contribution in [3.05, 3.63) is 100 Å². The summed E-state index contributed by atoms with van der Waals surface area (Å²) >= 11 is 0. The Morgan fingerprint density at radius 3 is 2.29 bits per heavy atom. The third kappa shape index (κ3) is 4.89. The molecule has 0 saturated carbocycles. The molecule has 0 unspecified atom stereocenters. The van der Waals surface area contributed by atoms with E-state index in [1.807, 2.05) is 42.5 Å². The maximum absolute atomic E-state index is 12.7. The van der Waals surface area contributed by atoms with Gasteiger partial charge in [0.2, 0.25) is 5.91 Å². The molecule has 3 aromatic carbocycles. The van der Waals surface area contributed by atoms with Gasteiger partial charge in [0.05, 0.1) is 11.0 Å². The minimum Gasteiger partial charge on any atom is -0.369 e. The molecule has 0 atom stereocenters. The number of H-pyrrole nitrogens is 1. The second-order valence-electron chi connectivity index (χ2n) is 8.68. The van der Waals surface area contributed by atoms with Crippen molar-refractivity contribution in [3.63, 3.8) is 0 Å². The van der Waals surface area contributed by atoms with Crippen LogP contribution in [0.2, 0.25) is 0 Å². The summed E-state index contributed by atoms with van der Waals surface area (Å²) in [4.78, 5) is 32.6. The van der Waals surface area contributed by atoms with Gasteiger partial charge in [-0.2, -0.15) is 0 Å². The first-order chi connectivity index (χ1) is 16.7. The summed E-state index contributed by atoms with van der Waals surface area (Å²) in [6.45, 7) is 5.29. The second-order valence-corrected chi connectivity index (χ2v) is 8.68. The fraction of sp³-hybridized carbons (Fsp3) is 0.259. The van der Waals surface area contributed by atoms with E-state index < -0.39 is 0 Å². The Bertz CT molecular complexity index is 1320. The maximum Gasteiger partial charge on any atom is 0.326 e. The zero-order valence-electron chi connectivity index (χ0n) is 19.1. The van der Waals surface area contributed by atoms with Gasteiger partial charge < -0.3 is 15.2 Å². The molecule has 0 spiro atoms. The van der Waals surface area contributed by atoms with Crippen LogP contribution in [0.25, 0.3) is 11.0 Å². The summed E-state index contributed by atoms with van der Waals surface area (Å²) in [5, 5.41) is 3.00. The van der Waals surface area contributed by atoms with Crippen LogP contribution in [0.1, 0.15) is 11.1 Å². The normalized spacial score (nSPS) is 14.4. The van der Waals surface area contributed by atoms with E-state index in [0.717, 1.165) is 49.3 Å².